The number of fused-ring (bicyclic) bond motifs is 1. The van der Waals surface area contributed by atoms with Crippen molar-refractivity contribution in [3.05, 3.63) is 69.5 Å². The molecule has 8 nitrogen and oxygen atoms in total. The lowest BCUT2D eigenvalue weighted by Gasteiger charge is -2.41. The van der Waals surface area contributed by atoms with Crippen molar-refractivity contribution >= 4 is 28.6 Å². The Bertz CT molecular complexity index is 1780. The third-order valence-corrected chi connectivity index (χ3v) is 10.6. The van der Waals surface area contributed by atoms with E-state index in [4.69, 9.17) is 0 Å². The van der Waals surface area contributed by atoms with Crippen molar-refractivity contribution in [2.24, 2.45) is 13.0 Å². The van der Waals surface area contributed by atoms with E-state index in [2.05, 4.69) is 38.3 Å². The Morgan fingerprint density at radius 3 is 2.51 bits per heavy atom. The zero-order chi connectivity index (χ0) is 32.0. The van der Waals surface area contributed by atoms with Gasteiger partial charge in [0.2, 0.25) is 0 Å². The fourth-order valence-electron chi connectivity index (χ4n) is 7.38. The number of H-pyrrole nitrogens is 1. The zero-order valence-corrected chi connectivity index (χ0v) is 27.4. The summed E-state index contributed by atoms with van der Waals surface area (Å²) in [4.78, 5) is 30.4. The Hall–Kier alpha value is -3.44. The van der Waals surface area contributed by atoms with Gasteiger partial charge < -0.3 is 20.2 Å². The second kappa shape index (κ2) is 12.4. The van der Waals surface area contributed by atoms with Crippen molar-refractivity contribution in [2.75, 3.05) is 6.26 Å². The average molecular weight is 637 g/mol. The number of aromatic nitrogens is 4. The van der Waals surface area contributed by atoms with E-state index in [9.17, 15) is 18.4 Å². The van der Waals surface area contributed by atoms with Gasteiger partial charge in [0.25, 0.3) is 17.4 Å². The molecule has 45 heavy (non-hydrogen) atoms. The summed E-state index contributed by atoms with van der Waals surface area (Å²) in [6.07, 6.45) is 9.50. The molecule has 2 fully saturated rings. The van der Waals surface area contributed by atoms with Crippen LogP contribution in [-0.4, -0.2) is 49.5 Å². The number of nitrogens with one attached hydrogen (secondary N) is 3. The highest BCUT2D eigenvalue weighted by Gasteiger charge is 2.46. The first-order valence-corrected chi connectivity index (χ1v) is 17.0. The number of hydrogen-bond donors (Lipinski definition) is 3. The molecule has 3 N–H and O–H groups in total. The lowest BCUT2D eigenvalue weighted by molar-refractivity contribution is -0.0957. The number of benzene rings is 1. The molecule has 3 aromatic heterocycles. The highest BCUT2D eigenvalue weighted by molar-refractivity contribution is 7.98. The van der Waals surface area contributed by atoms with E-state index in [1.807, 2.05) is 57.7 Å². The maximum absolute atomic E-state index is 13.9. The quantitative estimate of drug-likeness (QED) is 0.182. The summed E-state index contributed by atoms with van der Waals surface area (Å²) in [5, 5.41) is 11.7. The number of amides is 1. The number of hydrogen-bond acceptors (Lipinski definition) is 5. The molecule has 0 aliphatic heterocycles. The predicted octanol–water partition coefficient (Wildman–Crippen LogP) is 6.51. The van der Waals surface area contributed by atoms with Crippen LogP contribution in [0, 0.1) is 19.8 Å². The van der Waals surface area contributed by atoms with E-state index in [-0.39, 0.29) is 49.0 Å². The number of aryl methyl sites for hydroxylation is 2. The minimum atomic E-state index is -2.51. The average Bonchev–Trinajstić information content (AvgIpc) is 3.54. The molecule has 1 amide bonds. The molecule has 240 valence electrons. The first-order chi connectivity index (χ1) is 21.4. The number of alkyl halides is 2. The zero-order valence-electron chi connectivity index (χ0n) is 26.5. The predicted molar refractivity (Wildman–Crippen MR) is 175 cm³/mol. The molecule has 2 aliphatic carbocycles. The van der Waals surface area contributed by atoms with E-state index < -0.39 is 5.92 Å². The molecule has 0 bridgehead atoms. The smallest absolute Gasteiger partial charge is 0.254 e. The van der Waals surface area contributed by atoms with Crippen LogP contribution in [0.1, 0.15) is 78.8 Å². The molecule has 1 atom stereocenters. The third kappa shape index (κ3) is 6.34. The fourth-order valence-corrected chi connectivity index (χ4v) is 8.09. The molecule has 0 unspecified atom stereocenters. The summed E-state index contributed by atoms with van der Waals surface area (Å²) in [5.41, 5.74) is 5.65. The van der Waals surface area contributed by atoms with Gasteiger partial charge in [-0.3, -0.25) is 14.3 Å². The van der Waals surface area contributed by atoms with Crippen LogP contribution in [0.25, 0.3) is 22.0 Å². The van der Waals surface area contributed by atoms with Crippen molar-refractivity contribution in [3.8, 4) is 11.1 Å². The van der Waals surface area contributed by atoms with Crippen LogP contribution in [0.3, 0.4) is 0 Å². The Labute approximate surface area is 266 Å². The first kappa shape index (κ1) is 31.5. The Balaban J connectivity index is 1.29. The molecule has 2 saturated carbocycles. The van der Waals surface area contributed by atoms with E-state index >= 15 is 0 Å². The summed E-state index contributed by atoms with van der Waals surface area (Å²) in [6.45, 7) is 6.21. The molecule has 3 heterocycles. The molecule has 0 radical (unpaired) electrons. The number of halogens is 2. The number of carbonyl (C=O) groups excluding carboxylic acids is 1. The molecule has 0 saturated heterocycles. The molecule has 11 heteroatoms. The lowest BCUT2D eigenvalue weighted by atomic mass is 9.80. The van der Waals surface area contributed by atoms with Crippen LogP contribution in [0.5, 0.6) is 0 Å². The normalized spacial score (nSPS) is 20.7. The number of aromatic amines is 1. The van der Waals surface area contributed by atoms with Crippen molar-refractivity contribution in [3.63, 3.8) is 0 Å². The van der Waals surface area contributed by atoms with Crippen molar-refractivity contribution in [1.29, 1.82) is 0 Å². The molecule has 2 aliphatic rings. The molecule has 1 aromatic carbocycles. The monoisotopic (exact) mass is 636 g/mol. The van der Waals surface area contributed by atoms with Crippen LogP contribution >= 0.6 is 11.8 Å². The van der Waals surface area contributed by atoms with Crippen molar-refractivity contribution in [2.45, 2.75) is 94.8 Å². The highest BCUT2D eigenvalue weighted by Crippen LogP contribution is 2.41. The van der Waals surface area contributed by atoms with Gasteiger partial charge in [-0.1, -0.05) is 12.1 Å². The minimum absolute atomic E-state index is 0.0567. The summed E-state index contributed by atoms with van der Waals surface area (Å²) < 4.78 is 30.8. The molecular formula is C34H42F2N6O2S. The van der Waals surface area contributed by atoms with Gasteiger partial charge in [0, 0.05) is 89.1 Å². The largest absolute Gasteiger partial charge is 0.348 e. The van der Waals surface area contributed by atoms with Crippen LogP contribution < -0.4 is 16.2 Å². The van der Waals surface area contributed by atoms with Gasteiger partial charge in [0.05, 0.1) is 11.8 Å². The Morgan fingerprint density at radius 1 is 1.13 bits per heavy atom. The van der Waals surface area contributed by atoms with Crippen LogP contribution in [0.2, 0.25) is 0 Å². The Morgan fingerprint density at radius 2 is 1.87 bits per heavy atom. The summed E-state index contributed by atoms with van der Waals surface area (Å²) in [5.74, 6) is -2.34. The first-order valence-electron chi connectivity index (χ1n) is 15.8. The maximum atomic E-state index is 13.9. The van der Waals surface area contributed by atoms with Gasteiger partial charge in [-0.15, -0.1) is 11.8 Å². The van der Waals surface area contributed by atoms with E-state index in [0.29, 0.717) is 17.0 Å². The minimum Gasteiger partial charge on any atom is -0.348 e. The van der Waals surface area contributed by atoms with Crippen molar-refractivity contribution < 1.29 is 13.6 Å². The number of carbonyl (C=O) groups is 1. The summed E-state index contributed by atoms with van der Waals surface area (Å²) >= 11 is 1.49. The van der Waals surface area contributed by atoms with Gasteiger partial charge >= 0.3 is 0 Å². The summed E-state index contributed by atoms with van der Waals surface area (Å²) in [7, 11) is 1.89. The molecular weight excluding hydrogens is 594 g/mol. The number of pyridine rings is 1. The van der Waals surface area contributed by atoms with Gasteiger partial charge in [0.15, 0.2) is 0 Å². The van der Waals surface area contributed by atoms with Gasteiger partial charge in [-0.05, 0) is 76.3 Å². The van der Waals surface area contributed by atoms with Gasteiger partial charge in [-0.25, -0.2) is 8.78 Å². The van der Waals surface area contributed by atoms with Crippen LogP contribution in [0.4, 0.5) is 8.78 Å². The fraction of sp³-hybridized carbons (Fsp3) is 0.500. The molecule has 4 aromatic rings. The van der Waals surface area contributed by atoms with Gasteiger partial charge in [-0.2, -0.15) is 5.10 Å². The molecule has 0 spiro atoms. The second-order valence-electron chi connectivity index (χ2n) is 13.0. The second-order valence-corrected chi connectivity index (χ2v) is 13.8. The number of rotatable bonds is 9. The Kier molecular flexibility index (Phi) is 8.69. The van der Waals surface area contributed by atoms with E-state index in [0.717, 1.165) is 64.0 Å². The topological polar surface area (TPSA) is 96.7 Å². The van der Waals surface area contributed by atoms with Crippen LogP contribution in [-0.2, 0) is 13.6 Å². The number of thioether (sulfide) groups is 1. The SMILES string of the molecule is CSc1cc(C)[nH]c(=O)c1CNC(=O)c1c(C)n([C@H](C)[C@H]2CC[C@H](NC3CC(F)(F)C3)CC2)c2cc(-c3cnn(C)c3)ccc12. The van der Waals surface area contributed by atoms with Crippen LogP contribution in [0.15, 0.2) is 46.3 Å². The van der Waals surface area contributed by atoms with E-state index in [1.54, 1.807) is 4.68 Å². The highest BCUT2D eigenvalue weighted by atomic mass is 32.2. The maximum Gasteiger partial charge on any atom is 0.254 e. The third-order valence-electron chi connectivity index (χ3n) is 9.81. The lowest BCUT2D eigenvalue weighted by Crippen LogP contribution is -2.52. The van der Waals surface area contributed by atoms with E-state index in [1.165, 1.54) is 11.8 Å². The summed E-state index contributed by atoms with van der Waals surface area (Å²) in [6, 6.07) is 8.43. The molecule has 6 rings (SSSR count). The standard InChI is InChI=1S/C34H42F2N6O2S/c1-19-12-30(45-5)28(32(43)39-19)17-37-33(44)31-21(3)42(29-13-23(8-11-27(29)31)24-16-38-41(4)18-24)20(2)22-6-9-25(10-7-22)40-26-14-34(35,36)15-26/h8,11-13,16,18,20,22,25-26,40H,6-7,9-10,14-15,17H2,1-5H3,(H,37,44)(H,39,43)/t20-,22-,25-/m1/s1. The van der Waals surface area contributed by atoms with Crippen molar-refractivity contribution in [1.82, 2.24) is 30.0 Å². The van der Waals surface area contributed by atoms with Gasteiger partial charge in [0.1, 0.15) is 0 Å². The number of nitrogens with zero attached hydrogens (tertiary/aromatic N) is 3.